The molecular weight excluding hydrogens is 172 g/mol. The topological polar surface area (TPSA) is 24.7 Å². The number of nitrogens with zero attached hydrogens (tertiary/aromatic N) is 2. The van der Waals surface area contributed by atoms with Gasteiger partial charge < -0.3 is 0 Å². The summed E-state index contributed by atoms with van der Waals surface area (Å²) in [6.07, 6.45) is 0. The maximum Gasteiger partial charge on any atom is 0.121 e. The molecule has 1 aliphatic rings. The molecule has 0 saturated heterocycles. The standard InChI is InChI=1S/C12H8N2/c1-2-5-9(6-3-1)10-7-4-8-11-12(10)14-13-11/h1-8H. The van der Waals surface area contributed by atoms with Gasteiger partial charge in [0.1, 0.15) is 11.4 Å². The highest BCUT2D eigenvalue weighted by molar-refractivity contribution is 5.85. The predicted octanol–water partition coefficient (Wildman–Crippen LogP) is 4.08. The van der Waals surface area contributed by atoms with E-state index < -0.39 is 0 Å². The molecule has 2 heteroatoms. The van der Waals surface area contributed by atoms with Crippen molar-refractivity contribution in [3.05, 3.63) is 48.5 Å². The molecule has 0 fully saturated rings. The largest absolute Gasteiger partial charge is 0.148 e. The second-order valence-electron chi connectivity index (χ2n) is 3.24. The van der Waals surface area contributed by atoms with Gasteiger partial charge in [-0.05, 0) is 11.6 Å². The number of hydrogen-bond donors (Lipinski definition) is 0. The molecule has 2 aromatic rings. The molecule has 0 unspecified atom stereocenters. The molecule has 1 aliphatic heterocycles. The van der Waals surface area contributed by atoms with Crippen LogP contribution in [0.2, 0.25) is 0 Å². The molecule has 2 aromatic carbocycles. The van der Waals surface area contributed by atoms with E-state index in [1.165, 1.54) is 5.56 Å². The van der Waals surface area contributed by atoms with Crippen molar-refractivity contribution in [2.75, 3.05) is 0 Å². The zero-order valence-corrected chi connectivity index (χ0v) is 7.51. The summed E-state index contributed by atoms with van der Waals surface area (Å²) in [7, 11) is 0. The Kier molecular flexibility index (Phi) is 1.47. The molecule has 0 atom stereocenters. The second-order valence-corrected chi connectivity index (χ2v) is 3.24. The van der Waals surface area contributed by atoms with Crippen molar-refractivity contribution < 1.29 is 0 Å². The smallest absolute Gasteiger partial charge is 0.121 e. The molecule has 0 spiro atoms. The summed E-state index contributed by atoms with van der Waals surface area (Å²) in [6.45, 7) is 0. The highest BCUT2D eigenvalue weighted by Crippen LogP contribution is 2.44. The van der Waals surface area contributed by atoms with Crippen LogP contribution < -0.4 is 0 Å². The minimum atomic E-state index is 0.992. The summed E-state index contributed by atoms with van der Waals surface area (Å²) in [5.41, 5.74) is 4.37. The average molecular weight is 180 g/mol. The lowest BCUT2D eigenvalue weighted by atomic mass is 10.0. The van der Waals surface area contributed by atoms with Gasteiger partial charge in [-0.25, -0.2) is 0 Å². The third-order valence-electron chi connectivity index (χ3n) is 2.36. The zero-order valence-electron chi connectivity index (χ0n) is 7.51. The molecule has 0 aromatic heterocycles. The Hall–Kier alpha value is -1.96. The Balaban J connectivity index is 2.20. The predicted molar refractivity (Wildman–Crippen MR) is 56.1 cm³/mol. The molecule has 0 radical (unpaired) electrons. The van der Waals surface area contributed by atoms with E-state index in [0.717, 1.165) is 16.9 Å². The van der Waals surface area contributed by atoms with E-state index in [-0.39, 0.29) is 0 Å². The Morgan fingerprint density at radius 2 is 1.57 bits per heavy atom. The fraction of sp³-hybridized carbons (Fsp3) is 0. The van der Waals surface area contributed by atoms with Gasteiger partial charge >= 0.3 is 0 Å². The fourth-order valence-electron chi connectivity index (χ4n) is 1.63. The average Bonchev–Trinajstić information content (AvgIpc) is 2.21. The van der Waals surface area contributed by atoms with Gasteiger partial charge in [-0.3, -0.25) is 0 Å². The molecule has 0 N–H and O–H groups in total. The van der Waals surface area contributed by atoms with E-state index in [2.05, 4.69) is 28.4 Å². The number of rotatable bonds is 1. The van der Waals surface area contributed by atoms with Crippen LogP contribution in [0.3, 0.4) is 0 Å². The molecule has 14 heavy (non-hydrogen) atoms. The minimum Gasteiger partial charge on any atom is -0.148 e. The summed E-state index contributed by atoms with van der Waals surface area (Å²) in [4.78, 5) is 0. The molecule has 0 bridgehead atoms. The van der Waals surface area contributed by atoms with E-state index in [1.54, 1.807) is 0 Å². The first kappa shape index (κ1) is 7.44. The highest BCUT2D eigenvalue weighted by Gasteiger charge is 2.14. The zero-order chi connectivity index (χ0) is 9.38. The first-order valence-corrected chi connectivity index (χ1v) is 4.55. The Morgan fingerprint density at radius 3 is 2.29 bits per heavy atom. The van der Waals surface area contributed by atoms with Gasteiger partial charge in [0, 0.05) is 5.56 Å². The van der Waals surface area contributed by atoms with Crippen LogP contribution in [0.15, 0.2) is 58.8 Å². The third-order valence-corrected chi connectivity index (χ3v) is 2.36. The molecule has 2 nitrogen and oxygen atoms in total. The summed E-state index contributed by atoms with van der Waals surface area (Å²) < 4.78 is 0. The summed E-state index contributed by atoms with van der Waals surface area (Å²) >= 11 is 0. The van der Waals surface area contributed by atoms with Crippen molar-refractivity contribution in [2.24, 2.45) is 10.2 Å². The summed E-state index contributed by atoms with van der Waals surface area (Å²) in [5.74, 6) is 0. The normalized spacial score (nSPS) is 12.0. The van der Waals surface area contributed by atoms with E-state index in [9.17, 15) is 0 Å². The van der Waals surface area contributed by atoms with Crippen molar-refractivity contribution >= 4 is 11.4 Å². The fourth-order valence-corrected chi connectivity index (χ4v) is 1.63. The van der Waals surface area contributed by atoms with E-state index in [1.807, 2.05) is 30.3 Å². The van der Waals surface area contributed by atoms with Crippen molar-refractivity contribution in [1.82, 2.24) is 0 Å². The third kappa shape index (κ3) is 0.973. The van der Waals surface area contributed by atoms with Gasteiger partial charge in [0.25, 0.3) is 0 Å². The van der Waals surface area contributed by atoms with Crippen molar-refractivity contribution in [1.29, 1.82) is 0 Å². The SMILES string of the molecule is c1ccc(-c2cccc3c2N=N3)cc1. The first-order chi connectivity index (χ1) is 6.95. The van der Waals surface area contributed by atoms with Crippen LogP contribution in [-0.4, -0.2) is 0 Å². The van der Waals surface area contributed by atoms with Gasteiger partial charge in [-0.1, -0.05) is 42.5 Å². The molecule has 3 rings (SSSR count). The molecular formula is C12H8N2. The molecule has 0 amide bonds. The quantitative estimate of drug-likeness (QED) is 0.539. The number of hydrogen-bond acceptors (Lipinski definition) is 2. The number of benzene rings is 2. The van der Waals surface area contributed by atoms with Crippen LogP contribution in [0, 0.1) is 0 Å². The summed E-state index contributed by atoms with van der Waals surface area (Å²) in [5, 5.41) is 7.98. The monoisotopic (exact) mass is 180 g/mol. The summed E-state index contributed by atoms with van der Waals surface area (Å²) in [6, 6.07) is 16.3. The molecule has 66 valence electrons. The lowest BCUT2D eigenvalue weighted by Gasteiger charge is -2.12. The van der Waals surface area contributed by atoms with Gasteiger partial charge in [0.2, 0.25) is 0 Å². The maximum absolute atomic E-state index is 4.03. The minimum absolute atomic E-state index is 0.992. The van der Waals surface area contributed by atoms with Crippen molar-refractivity contribution in [2.45, 2.75) is 0 Å². The number of fused-ring (bicyclic) bond motifs is 1. The van der Waals surface area contributed by atoms with Crippen LogP contribution in [0.5, 0.6) is 0 Å². The van der Waals surface area contributed by atoms with E-state index in [4.69, 9.17) is 0 Å². The van der Waals surface area contributed by atoms with Crippen LogP contribution >= 0.6 is 0 Å². The van der Waals surface area contributed by atoms with Crippen molar-refractivity contribution in [3.8, 4) is 11.1 Å². The van der Waals surface area contributed by atoms with Crippen LogP contribution in [-0.2, 0) is 0 Å². The lowest BCUT2D eigenvalue weighted by Crippen LogP contribution is -1.83. The molecule has 0 aliphatic carbocycles. The first-order valence-electron chi connectivity index (χ1n) is 4.55. The van der Waals surface area contributed by atoms with E-state index in [0.29, 0.717) is 0 Å². The van der Waals surface area contributed by atoms with Gasteiger partial charge in [0.15, 0.2) is 0 Å². The Bertz CT molecular complexity index is 501. The van der Waals surface area contributed by atoms with Crippen LogP contribution in [0.4, 0.5) is 11.4 Å². The maximum atomic E-state index is 4.03. The van der Waals surface area contributed by atoms with Gasteiger partial charge in [-0.15, -0.1) is 10.2 Å². The van der Waals surface area contributed by atoms with Crippen LogP contribution in [0.25, 0.3) is 11.1 Å². The van der Waals surface area contributed by atoms with Gasteiger partial charge in [0.05, 0.1) is 0 Å². The number of azo groups is 1. The Labute approximate surface area is 81.9 Å². The lowest BCUT2D eigenvalue weighted by molar-refractivity contribution is 1.14. The van der Waals surface area contributed by atoms with Crippen molar-refractivity contribution in [3.63, 3.8) is 0 Å². The molecule has 1 heterocycles. The highest BCUT2D eigenvalue weighted by atomic mass is 15.2. The molecule has 0 saturated carbocycles. The van der Waals surface area contributed by atoms with Crippen LogP contribution in [0.1, 0.15) is 0 Å². The second kappa shape index (κ2) is 2.77. The van der Waals surface area contributed by atoms with E-state index >= 15 is 0 Å². The Morgan fingerprint density at radius 1 is 0.714 bits per heavy atom. The van der Waals surface area contributed by atoms with Gasteiger partial charge in [-0.2, -0.15) is 0 Å².